The van der Waals surface area contributed by atoms with E-state index in [0.717, 1.165) is 13.8 Å². The molecule has 26 nitrogen and oxygen atoms in total. The molecule has 4 rings (SSSR count). The Labute approximate surface area is 311 Å². The van der Waals surface area contributed by atoms with Crippen molar-refractivity contribution in [3.05, 3.63) is 0 Å². The molecule has 4 aliphatic heterocycles. The van der Waals surface area contributed by atoms with Crippen LogP contribution in [-0.2, 0) is 57.3 Å². The topological polar surface area (TPSA) is 409 Å². The molecule has 2 amide bonds. The molecule has 0 aromatic carbocycles. The number of hydrogen-bond acceptors (Lipinski definition) is 23. The summed E-state index contributed by atoms with van der Waals surface area (Å²) >= 11 is 0. The summed E-state index contributed by atoms with van der Waals surface area (Å²) in [7, 11) is -5.25. The lowest BCUT2D eigenvalue weighted by atomic mass is 9.94. The highest BCUT2D eigenvalue weighted by Crippen LogP contribution is 2.34. The van der Waals surface area contributed by atoms with E-state index >= 15 is 0 Å². The van der Waals surface area contributed by atoms with Gasteiger partial charge in [-0.2, -0.15) is 8.42 Å². The summed E-state index contributed by atoms with van der Waals surface area (Å²) in [6.45, 7) is -1.91. The van der Waals surface area contributed by atoms with Crippen LogP contribution >= 0.6 is 0 Å². The third kappa shape index (κ3) is 10.8. The van der Waals surface area contributed by atoms with Gasteiger partial charge in [0.2, 0.25) is 11.8 Å². The van der Waals surface area contributed by atoms with Crippen LogP contribution < -0.4 is 10.6 Å². The standard InChI is InChI=1S/C28H48N2O24S/c1-7(34)29-13-18(39)15(36)9(3-31)49-26(13)54-24-17(38)11(5-33)50-28(21(24)42)52-22-12(6-47-55(44,45)46)51-27(14(19(22)40)30-8(2)35)53-23-16(37)10(4-32)48-25(43)20(23)41/h9-28,31-33,36-43H,3-6H2,1-2H3,(H,29,34)(H,30,35)(H,44,45,46). The highest BCUT2D eigenvalue weighted by molar-refractivity contribution is 7.80. The highest BCUT2D eigenvalue weighted by atomic mass is 32.3. The molecule has 320 valence electrons. The fourth-order valence-electron chi connectivity index (χ4n) is 6.49. The number of hydrogen-bond donors (Lipinski definition) is 14. The van der Waals surface area contributed by atoms with Crippen LogP contribution in [0.3, 0.4) is 0 Å². The Kier molecular flexibility index (Phi) is 16.0. The number of carbonyl (C=O) groups is 2. The number of aliphatic hydroxyl groups is 11. The summed E-state index contributed by atoms with van der Waals surface area (Å²) in [5.41, 5.74) is 0. The molecule has 4 aliphatic rings. The van der Waals surface area contributed by atoms with E-state index in [1.165, 1.54) is 0 Å². The number of amides is 2. The Morgan fingerprint density at radius 3 is 1.45 bits per heavy atom. The van der Waals surface area contributed by atoms with Gasteiger partial charge in [-0.25, -0.2) is 4.18 Å². The SMILES string of the molecule is CC(=O)NC1C(OC2C(O)C(CO)OC(OC3C(COS(=O)(=O)O)OC(OC4C(O)C(O)OC(CO)C4O)C(NC(C)=O)C3O)C2O)OC(CO)C(O)C1O. The molecule has 4 heterocycles. The second-order valence-corrected chi connectivity index (χ2v) is 14.2. The lowest BCUT2D eigenvalue weighted by Crippen LogP contribution is -2.70. The van der Waals surface area contributed by atoms with Gasteiger partial charge >= 0.3 is 10.4 Å². The molecule has 4 saturated heterocycles. The Balaban J connectivity index is 1.65. The zero-order valence-electron chi connectivity index (χ0n) is 29.0. The molecular weight excluding hydrogens is 780 g/mol. The maximum Gasteiger partial charge on any atom is 0.397 e. The molecule has 14 N–H and O–H groups in total. The molecule has 20 unspecified atom stereocenters. The summed E-state index contributed by atoms with van der Waals surface area (Å²) in [6, 6.07) is -3.35. The van der Waals surface area contributed by atoms with E-state index in [0.29, 0.717) is 0 Å². The zero-order chi connectivity index (χ0) is 41.1. The van der Waals surface area contributed by atoms with Crippen molar-refractivity contribution >= 4 is 22.2 Å². The first-order valence-corrected chi connectivity index (χ1v) is 18.1. The van der Waals surface area contributed by atoms with Gasteiger partial charge in [-0.1, -0.05) is 0 Å². The van der Waals surface area contributed by atoms with Gasteiger partial charge in [-0.3, -0.25) is 14.1 Å². The normalized spacial score (nSPS) is 45.5. The predicted molar refractivity (Wildman–Crippen MR) is 167 cm³/mol. The van der Waals surface area contributed by atoms with E-state index < -0.39 is 171 Å². The van der Waals surface area contributed by atoms with Crippen LogP contribution in [-0.4, -0.2) is 230 Å². The van der Waals surface area contributed by atoms with Crippen LogP contribution in [0.25, 0.3) is 0 Å². The zero-order valence-corrected chi connectivity index (χ0v) is 29.9. The van der Waals surface area contributed by atoms with Crippen molar-refractivity contribution in [1.82, 2.24) is 10.6 Å². The molecule has 0 aromatic heterocycles. The number of carbonyl (C=O) groups excluding carboxylic acids is 2. The third-order valence-corrected chi connectivity index (χ3v) is 9.65. The highest BCUT2D eigenvalue weighted by Gasteiger charge is 2.56. The van der Waals surface area contributed by atoms with E-state index in [4.69, 9.17) is 33.2 Å². The van der Waals surface area contributed by atoms with Gasteiger partial charge in [-0.15, -0.1) is 0 Å². The number of aliphatic hydroxyl groups excluding tert-OH is 11. The summed E-state index contributed by atoms with van der Waals surface area (Å²) < 4.78 is 75.7. The molecular formula is C28H48N2O24S. The van der Waals surface area contributed by atoms with Gasteiger partial charge in [0.25, 0.3) is 0 Å². The molecule has 0 saturated carbocycles. The van der Waals surface area contributed by atoms with Crippen molar-refractivity contribution < 1.29 is 116 Å². The molecule has 0 aliphatic carbocycles. The largest absolute Gasteiger partial charge is 0.397 e. The van der Waals surface area contributed by atoms with E-state index in [-0.39, 0.29) is 0 Å². The monoisotopic (exact) mass is 828 g/mol. The lowest BCUT2D eigenvalue weighted by molar-refractivity contribution is -0.376. The van der Waals surface area contributed by atoms with E-state index in [2.05, 4.69) is 14.8 Å². The van der Waals surface area contributed by atoms with E-state index in [1.807, 2.05) is 0 Å². The fraction of sp³-hybridized carbons (Fsp3) is 0.929. The van der Waals surface area contributed by atoms with Crippen LogP contribution in [0.1, 0.15) is 13.8 Å². The van der Waals surface area contributed by atoms with Crippen molar-refractivity contribution in [2.45, 2.75) is 137 Å². The third-order valence-electron chi connectivity index (χ3n) is 9.21. The van der Waals surface area contributed by atoms with Crippen molar-refractivity contribution in [2.24, 2.45) is 0 Å². The first-order valence-electron chi connectivity index (χ1n) is 16.7. The minimum Gasteiger partial charge on any atom is -0.394 e. The fourth-order valence-corrected chi connectivity index (χ4v) is 6.79. The summed E-state index contributed by atoms with van der Waals surface area (Å²) in [5, 5.41) is 120. The quantitative estimate of drug-likeness (QED) is 0.0723. The van der Waals surface area contributed by atoms with Gasteiger partial charge in [0.05, 0.1) is 26.4 Å². The smallest absolute Gasteiger partial charge is 0.394 e. The number of nitrogens with one attached hydrogen (secondary N) is 2. The summed E-state index contributed by atoms with van der Waals surface area (Å²) in [4.78, 5) is 24.2. The van der Waals surface area contributed by atoms with Crippen LogP contribution in [0.4, 0.5) is 0 Å². The minimum atomic E-state index is -5.25. The average Bonchev–Trinajstić information content (AvgIpc) is 3.11. The van der Waals surface area contributed by atoms with Crippen molar-refractivity contribution in [1.29, 1.82) is 0 Å². The second-order valence-electron chi connectivity index (χ2n) is 13.1. The van der Waals surface area contributed by atoms with Gasteiger partial charge in [0.15, 0.2) is 25.2 Å². The molecule has 0 radical (unpaired) electrons. The average molecular weight is 829 g/mol. The van der Waals surface area contributed by atoms with Crippen LogP contribution in [0.2, 0.25) is 0 Å². The molecule has 27 heteroatoms. The van der Waals surface area contributed by atoms with Gasteiger partial charge in [0, 0.05) is 13.8 Å². The minimum absolute atomic E-state index is 0.746. The Morgan fingerprint density at radius 2 is 0.964 bits per heavy atom. The van der Waals surface area contributed by atoms with Crippen LogP contribution in [0.15, 0.2) is 0 Å². The molecule has 20 atom stereocenters. The van der Waals surface area contributed by atoms with Crippen molar-refractivity contribution in [3.8, 4) is 0 Å². The number of ether oxygens (including phenoxy) is 7. The molecule has 55 heavy (non-hydrogen) atoms. The number of rotatable bonds is 14. The van der Waals surface area contributed by atoms with E-state index in [9.17, 15) is 78.7 Å². The molecule has 0 aromatic rings. The summed E-state index contributed by atoms with van der Waals surface area (Å²) in [5.74, 6) is -1.60. The van der Waals surface area contributed by atoms with Crippen LogP contribution in [0, 0.1) is 0 Å². The maximum atomic E-state index is 12.3. The van der Waals surface area contributed by atoms with Crippen LogP contribution in [0.5, 0.6) is 0 Å². The Hall–Kier alpha value is -1.91. The lowest BCUT2D eigenvalue weighted by Gasteiger charge is -2.50. The van der Waals surface area contributed by atoms with Crippen molar-refractivity contribution in [2.75, 3.05) is 26.4 Å². The first-order chi connectivity index (χ1) is 25.7. The summed E-state index contributed by atoms with van der Waals surface area (Å²) in [6.07, 6.45) is -34.0. The van der Waals surface area contributed by atoms with E-state index in [1.54, 1.807) is 0 Å². The van der Waals surface area contributed by atoms with Crippen molar-refractivity contribution in [3.63, 3.8) is 0 Å². The second kappa shape index (κ2) is 19.2. The predicted octanol–water partition coefficient (Wildman–Crippen LogP) is -9.63. The molecule has 0 bridgehead atoms. The molecule has 4 fully saturated rings. The Morgan fingerprint density at radius 1 is 0.545 bits per heavy atom. The van der Waals surface area contributed by atoms with Gasteiger partial charge in [0.1, 0.15) is 97.5 Å². The maximum absolute atomic E-state index is 12.3. The first kappa shape index (κ1) is 45.8. The van der Waals surface area contributed by atoms with Gasteiger partial charge in [-0.05, 0) is 0 Å². The van der Waals surface area contributed by atoms with Gasteiger partial charge < -0.3 is 100.0 Å². The Bertz CT molecular complexity index is 1380. The molecule has 0 spiro atoms.